The fourth-order valence-electron chi connectivity index (χ4n) is 1.55. The molecule has 0 atom stereocenters. The van der Waals surface area contributed by atoms with Crippen LogP contribution in [0, 0.1) is 5.92 Å². The second kappa shape index (κ2) is 4.40. The monoisotopic (exact) mass is 235 g/mol. The Morgan fingerprint density at radius 3 is 2.94 bits per heavy atom. The van der Waals surface area contributed by atoms with E-state index in [4.69, 9.17) is 9.63 Å². The summed E-state index contributed by atoms with van der Waals surface area (Å²) in [7, 11) is 0. The molecule has 2 aromatic heterocycles. The van der Waals surface area contributed by atoms with Gasteiger partial charge >= 0.3 is 5.97 Å². The zero-order valence-electron chi connectivity index (χ0n) is 9.62. The molecule has 0 radical (unpaired) electrons. The zero-order chi connectivity index (χ0) is 12.4. The van der Waals surface area contributed by atoms with Crippen LogP contribution < -0.4 is 0 Å². The van der Waals surface area contributed by atoms with E-state index in [-0.39, 0.29) is 11.3 Å². The van der Waals surface area contributed by atoms with Crippen LogP contribution in [-0.4, -0.2) is 26.0 Å². The van der Waals surface area contributed by atoms with Gasteiger partial charge in [0.2, 0.25) is 0 Å². The number of aromatic nitrogens is 3. The Labute approximate surface area is 97.8 Å². The minimum absolute atomic E-state index is 0.0501. The maximum Gasteiger partial charge on any atom is 0.341 e. The Morgan fingerprint density at radius 1 is 1.53 bits per heavy atom. The first kappa shape index (κ1) is 11.4. The normalized spacial score (nSPS) is 11.0. The molecule has 0 aliphatic heterocycles. The second-order valence-corrected chi connectivity index (χ2v) is 4.22. The van der Waals surface area contributed by atoms with Crippen LogP contribution in [0.1, 0.15) is 24.2 Å². The van der Waals surface area contributed by atoms with Crippen molar-refractivity contribution in [2.45, 2.75) is 20.4 Å². The summed E-state index contributed by atoms with van der Waals surface area (Å²) in [6.07, 6.45) is 4.53. The molecule has 2 heterocycles. The predicted octanol–water partition coefficient (Wildman–Crippen LogP) is 1.89. The first-order valence-corrected chi connectivity index (χ1v) is 5.28. The maximum absolute atomic E-state index is 10.9. The summed E-state index contributed by atoms with van der Waals surface area (Å²) in [6.45, 7) is 4.94. The summed E-state index contributed by atoms with van der Waals surface area (Å²) in [5, 5.41) is 16.6. The van der Waals surface area contributed by atoms with E-state index in [2.05, 4.69) is 24.1 Å². The Morgan fingerprint density at radius 2 is 2.29 bits per heavy atom. The summed E-state index contributed by atoms with van der Waals surface area (Å²) in [5.74, 6) is -0.346. The summed E-state index contributed by atoms with van der Waals surface area (Å²) >= 11 is 0. The van der Waals surface area contributed by atoms with Crippen molar-refractivity contribution in [2.24, 2.45) is 5.92 Å². The van der Waals surface area contributed by atoms with Gasteiger partial charge in [0.05, 0.1) is 18.0 Å². The van der Waals surface area contributed by atoms with Gasteiger partial charge in [0.25, 0.3) is 0 Å². The van der Waals surface area contributed by atoms with E-state index in [1.807, 2.05) is 0 Å². The van der Waals surface area contributed by atoms with Crippen LogP contribution in [0.2, 0.25) is 0 Å². The van der Waals surface area contributed by atoms with Crippen molar-refractivity contribution in [3.05, 3.63) is 24.2 Å². The third-order valence-electron chi connectivity index (χ3n) is 2.25. The van der Waals surface area contributed by atoms with E-state index < -0.39 is 5.97 Å². The van der Waals surface area contributed by atoms with Crippen molar-refractivity contribution in [1.29, 1.82) is 0 Å². The molecule has 0 spiro atoms. The van der Waals surface area contributed by atoms with Gasteiger partial charge < -0.3 is 9.63 Å². The number of carboxylic acids is 1. The van der Waals surface area contributed by atoms with Crippen molar-refractivity contribution in [1.82, 2.24) is 14.9 Å². The van der Waals surface area contributed by atoms with Gasteiger partial charge in [0, 0.05) is 12.7 Å². The highest BCUT2D eigenvalue weighted by Gasteiger charge is 2.18. The number of aromatic carboxylic acids is 1. The van der Waals surface area contributed by atoms with Crippen LogP contribution in [0.4, 0.5) is 0 Å². The summed E-state index contributed by atoms with van der Waals surface area (Å²) in [5.41, 5.74) is 0.676. The molecular formula is C11H13N3O3. The Hall–Kier alpha value is -2.11. The van der Waals surface area contributed by atoms with Gasteiger partial charge in [-0.15, -0.1) is 0 Å². The van der Waals surface area contributed by atoms with Crippen molar-refractivity contribution in [3.8, 4) is 11.3 Å². The smallest absolute Gasteiger partial charge is 0.341 e. The van der Waals surface area contributed by atoms with E-state index >= 15 is 0 Å². The lowest BCUT2D eigenvalue weighted by Crippen LogP contribution is -2.04. The maximum atomic E-state index is 10.9. The van der Waals surface area contributed by atoms with E-state index in [0.29, 0.717) is 11.5 Å². The molecule has 0 unspecified atom stereocenters. The van der Waals surface area contributed by atoms with Gasteiger partial charge in [-0.1, -0.05) is 19.0 Å². The molecule has 2 rings (SSSR count). The van der Waals surface area contributed by atoms with E-state index in [0.717, 1.165) is 6.54 Å². The van der Waals surface area contributed by atoms with E-state index in [1.165, 1.54) is 6.20 Å². The molecule has 0 amide bonds. The van der Waals surface area contributed by atoms with Crippen LogP contribution in [0.5, 0.6) is 0 Å². The molecule has 0 saturated carbocycles. The lowest BCUT2D eigenvalue weighted by atomic mass is 10.2. The first-order chi connectivity index (χ1) is 8.08. The standard InChI is InChI=1S/C11H13N3O3/c1-7(2)5-14-6-8(3-12-14)10-9(11(15)16)4-13-17-10/h3-4,6-7H,5H2,1-2H3,(H,15,16). The average molecular weight is 235 g/mol. The van der Waals surface area contributed by atoms with Gasteiger partial charge in [-0.25, -0.2) is 4.79 Å². The molecule has 0 saturated heterocycles. The fraction of sp³-hybridized carbons (Fsp3) is 0.364. The molecule has 0 aliphatic carbocycles. The van der Waals surface area contributed by atoms with Gasteiger partial charge in [-0.2, -0.15) is 5.10 Å². The third kappa shape index (κ3) is 2.35. The largest absolute Gasteiger partial charge is 0.477 e. The molecular weight excluding hydrogens is 222 g/mol. The number of hydrogen-bond acceptors (Lipinski definition) is 4. The molecule has 6 nitrogen and oxygen atoms in total. The van der Waals surface area contributed by atoms with Crippen LogP contribution in [0.15, 0.2) is 23.1 Å². The molecule has 0 aliphatic rings. The zero-order valence-corrected chi connectivity index (χ0v) is 9.62. The molecule has 0 fully saturated rings. The molecule has 1 N–H and O–H groups in total. The minimum Gasteiger partial charge on any atom is -0.477 e. The number of hydrogen-bond donors (Lipinski definition) is 1. The van der Waals surface area contributed by atoms with Crippen molar-refractivity contribution >= 4 is 5.97 Å². The van der Waals surface area contributed by atoms with Crippen molar-refractivity contribution in [2.75, 3.05) is 0 Å². The van der Waals surface area contributed by atoms with Gasteiger partial charge in [0.15, 0.2) is 5.76 Å². The highest BCUT2D eigenvalue weighted by molar-refractivity contribution is 5.93. The van der Waals surface area contributed by atoms with Crippen LogP contribution in [0.3, 0.4) is 0 Å². The van der Waals surface area contributed by atoms with Crippen LogP contribution in [0.25, 0.3) is 11.3 Å². The number of nitrogens with zero attached hydrogens (tertiary/aromatic N) is 3. The van der Waals surface area contributed by atoms with Crippen molar-refractivity contribution in [3.63, 3.8) is 0 Å². The first-order valence-electron chi connectivity index (χ1n) is 5.28. The SMILES string of the molecule is CC(C)Cn1cc(-c2oncc2C(=O)O)cn1. The van der Waals surface area contributed by atoms with Crippen LogP contribution >= 0.6 is 0 Å². The van der Waals surface area contributed by atoms with E-state index in [9.17, 15) is 4.79 Å². The molecule has 0 bridgehead atoms. The van der Waals surface area contributed by atoms with Gasteiger partial charge in [0.1, 0.15) is 5.56 Å². The Kier molecular flexibility index (Phi) is 2.95. The minimum atomic E-state index is -1.06. The van der Waals surface area contributed by atoms with Crippen LogP contribution in [-0.2, 0) is 6.54 Å². The highest BCUT2D eigenvalue weighted by atomic mass is 16.5. The highest BCUT2D eigenvalue weighted by Crippen LogP contribution is 2.23. The summed E-state index contributed by atoms with van der Waals surface area (Å²) in [4.78, 5) is 10.9. The Balaban J connectivity index is 2.30. The quantitative estimate of drug-likeness (QED) is 0.875. The topological polar surface area (TPSA) is 81.2 Å². The average Bonchev–Trinajstić information content (AvgIpc) is 2.82. The van der Waals surface area contributed by atoms with Gasteiger partial charge in [-0.3, -0.25) is 4.68 Å². The van der Waals surface area contributed by atoms with E-state index in [1.54, 1.807) is 17.1 Å². The lowest BCUT2D eigenvalue weighted by molar-refractivity contribution is 0.0697. The summed E-state index contributed by atoms with van der Waals surface area (Å²) < 4.78 is 6.70. The Bertz CT molecular complexity index is 528. The molecule has 6 heteroatoms. The second-order valence-electron chi connectivity index (χ2n) is 4.22. The predicted molar refractivity (Wildman–Crippen MR) is 59.5 cm³/mol. The number of carbonyl (C=O) groups is 1. The molecule has 90 valence electrons. The number of carboxylic acid groups (broad SMARTS) is 1. The molecule has 2 aromatic rings. The van der Waals surface area contributed by atoms with Gasteiger partial charge in [-0.05, 0) is 5.92 Å². The molecule has 0 aromatic carbocycles. The van der Waals surface area contributed by atoms with Crippen molar-refractivity contribution < 1.29 is 14.4 Å². The lowest BCUT2D eigenvalue weighted by Gasteiger charge is -2.03. The third-order valence-corrected chi connectivity index (χ3v) is 2.25. The molecule has 17 heavy (non-hydrogen) atoms. The fourth-order valence-corrected chi connectivity index (χ4v) is 1.55. The summed E-state index contributed by atoms with van der Waals surface area (Å²) in [6, 6.07) is 0. The number of rotatable bonds is 4.